The molecule has 0 aromatic heterocycles. The van der Waals surface area contributed by atoms with Crippen molar-refractivity contribution in [1.29, 1.82) is 0 Å². The fourth-order valence-electron chi connectivity index (χ4n) is 1.24. The number of esters is 1. The molecule has 2 N–H and O–H groups in total. The summed E-state index contributed by atoms with van der Waals surface area (Å²) >= 11 is 0. The molecule has 0 radical (unpaired) electrons. The monoisotopic (exact) mass is 250 g/mol. The van der Waals surface area contributed by atoms with Crippen LogP contribution in [0.1, 0.15) is 15.9 Å². The number of ether oxygens (including phenoxy) is 1. The van der Waals surface area contributed by atoms with E-state index >= 15 is 0 Å². The molecule has 0 unspecified atom stereocenters. The quantitative estimate of drug-likeness (QED) is 0.770. The molecule has 0 aliphatic heterocycles. The minimum absolute atomic E-state index is 0.394. The third-order valence-electron chi connectivity index (χ3n) is 2.18. The molecule has 1 aromatic rings. The van der Waals surface area contributed by atoms with E-state index in [1.54, 1.807) is 31.2 Å². The van der Waals surface area contributed by atoms with Gasteiger partial charge < -0.3 is 10.1 Å². The van der Waals surface area contributed by atoms with E-state index in [4.69, 9.17) is 4.74 Å². The molecule has 6 heteroatoms. The van der Waals surface area contributed by atoms with Gasteiger partial charge in [-0.05, 0) is 18.6 Å². The van der Waals surface area contributed by atoms with Gasteiger partial charge in [-0.3, -0.25) is 10.1 Å². The van der Waals surface area contributed by atoms with E-state index in [-0.39, 0.29) is 0 Å². The largest absolute Gasteiger partial charge is 0.452 e. The van der Waals surface area contributed by atoms with Crippen molar-refractivity contribution >= 4 is 17.9 Å². The van der Waals surface area contributed by atoms with Crippen LogP contribution in [0.25, 0.3) is 0 Å². The van der Waals surface area contributed by atoms with Crippen LogP contribution in [0, 0.1) is 6.92 Å². The lowest BCUT2D eigenvalue weighted by Gasteiger charge is -2.06. The molecule has 0 aliphatic rings. The smallest absolute Gasteiger partial charge is 0.338 e. The predicted octanol–water partition coefficient (Wildman–Crippen LogP) is 0.607. The zero-order valence-electron chi connectivity index (χ0n) is 10.1. The van der Waals surface area contributed by atoms with Gasteiger partial charge in [-0.25, -0.2) is 9.59 Å². The Balaban J connectivity index is 2.50. The van der Waals surface area contributed by atoms with Crippen molar-refractivity contribution in [2.75, 3.05) is 13.7 Å². The SMILES string of the molecule is CNC(=O)NC(=O)COC(=O)c1ccccc1C. The number of benzene rings is 1. The van der Waals surface area contributed by atoms with Gasteiger partial charge in [0.05, 0.1) is 5.56 Å². The van der Waals surface area contributed by atoms with Gasteiger partial charge in [0.15, 0.2) is 6.61 Å². The third-order valence-corrected chi connectivity index (χ3v) is 2.18. The van der Waals surface area contributed by atoms with Crippen molar-refractivity contribution in [2.24, 2.45) is 0 Å². The second-order valence-corrected chi connectivity index (χ2v) is 3.52. The Morgan fingerprint density at radius 1 is 1.22 bits per heavy atom. The summed E-state index contributed by atoms with van der Waals surface area (Å²) in [6.07, 6.45) is 0. The summed E-state index contributed by atoms with van der Waals surface area (Å²) in [7, 11) is 1.38. The lowest BCUT2D eigenvalue weighted by atomic mass is 10.1. The van der Waals surface area contributed by atoms with Gasteiger partial charge in [0.25, 0.3) is 5.91 Å². The van der Waals surface area contributed by atoms with Gasteiger partial charge in [0, 0.05) is 7.05 Å². The fraction of sp³-hybridized carbons (Fsp3) is 0.250. The summed E-state index contributed by atoms with van der Waals surface area (Å²) in [5, 5.41) is 4.20. The third kappa shape index (κ3) is 3.89. The number of hydrogen-bond acceptors (Lipinski definition) is 4. The lowest BCUT2D eigenvalue weighted by Crippen LogP contribution is -2.39. The Hall–Kier alpha value is -2.37. The average molecular weight is 250 g/mol. The Kier molecular flexibility index (Phi) is 4.86. The van der Waals surface area contributed by atoms with Crippen molar-refractivity contribution in [3.63, 3.8) is 0 Å². The zero-order chi connectivity index (χ0) is 13.5. The molecule has 0 fully saturated rings. The molecular formula is C12H14N2O4. The number of amides is 3. The van der Waals surface area contributed by atoms with Gasteiger partial charge in [0.1, 0.15) is 0 Å². The zero-order valence-corrected chi connectivity index (χ0v) is 10.1. The fourth-order valence-corrected chi connectivity index (χ4v) is 1.24. The minimum Gasteiger partial charge on any atom is -0.452 e. The number of imide groups is 1. The first-order chi connectivity index (χ1) is 8.54. The number of rotatable bonds is 3. The molecule has 0 spiro atoms. The highest BCUT2D eigenvalue weighted by Gasteiger charge is 2.13. The number of nitrogens with one attached hydrogen (secondary N) is 2. The summed E-state index contributed by atoms with van der Waals surface area (Å²) < 4.78 is 4.79. The lowest BCUT2D eigenvalue weighted by molar-refractivity contribution is -0.123. The van der Waals surface area contributed by atoms with E-state index < -0.39 is 24.5 Å². The van der Waals surface area contributed by atoms with Crippen LogP contribution in [-0.4, -0.2) is 31.6 Å². The van der Waals surface area contributed by atoms with Crippen LogP contribution < -0.4 is 10.6 Å². The minimum atomic E-state index is -0.684. The topological polar surface area (TPSA) is 84.5 Å². The molecule has 1 rings (SSSR count). The van der Waals surface area contributed by atoms with Crippen LogP contribution in [0.2, 0.25) is 0 Å². The first-order valence-corrected chi connectivity index (χ1v) is 5.29. The van der Waals surface area contributed by atoms with Gasteiger partial charge in [0.2, 0.25) is 0 Å². The van der Waals surface area contributed by atoms with Gasteiger partial charge in [-0.2, -0.15) is 0 Å². The molecule has 3 amide bonds. The van der Waals surface area contributed by atoms with E-state index in [9.17, 15) is 14.4 Å². The highest BCUT2D eigenvalue weighted by molar-refractivity contribution is 5.97. The van der Waals surface area contributed by atoms with E-state index in [1.807, 2.05) is 5.32 Å². The molecule has 0 bridgehead atoms. The first-order valence-electron chi connectivity index (χ1n) is 5.29. The average Bonchev–Trinajstić information content (AvgIpc) is 2.36. The van der Waals surface area contributed by atoms with Crippen LogP contribution in [0.5, 0.6) is 0 Å². The van der Waals surface area contributed by atoms with Crippen LogP contribution in [0.4, 0.5) is 4.79 Å². The Morgan fingerprint density at radius 2 is 1.89 bits per heavy atom. The molecule has 0 heterocycles. The highest BCUT2D eigenvalue weighted by Crippen LogP contribution is 2.08. The molecular weight excluding hydrogens is 236 g/mol. The molecule has 18 heavy (non-hydrogen) atoms. The number of aryl methyl sites for hydroxylation is 1. The molecule has 96 valence electrons. The van der Waals surface area contributed by atoms with Crippen molar-refractivity contribution < 1.29 is 19.1 Å². The summed E-state index contributed by atoms with van der Waals surface area (Å²) in [4.78, 5) is 33.6. The first kappa shape index (κ1) is 13.7. The Bertz CT molecular complexity index is 471. The van der Waals surface area contributed by atoms with E-state index in [0.717, 1.165) is 5.56 Å². The second-order valence-electron chi connectivity index (χ2n) is 3.52. The molecule has 0 atom stereocenters. The predicted molar refractivity (Wildman–Crippen MR) is 64.1 cm³/mol. The number of carbonyl (C=O) groups excluding carboxylic acids is 3. The standard InChI is InChI=1S/C12H14N2O4/c1-8-5-3-4-6-9(8)11(16)18-7-10(15)14-12(17)13-2/h3-6H,7H2,1-2H3,(H2,13,14,15,17). The number of hydrogen-bond donors (Lipinski definition) is 2. The molecule has 0 aliphatic carbocycles. The highest BCUT2D eigenvalue weighted by atomic mass is 16.5. The van der Waals surface area contributed by atoms with E-state index in [2.05, 4.69) is 5.32 Å². The van der Waals surface area contributed by atoms with Crippen LogP contribution in [-0.2, 0) is 9.53 Å². The van der Waals surface area contributed by atoms with Gasteiger partial charge in [-0.1, -0.05) is 18.2 Å². The van der Waals surface area contributed by atoms with Crippen molar-refractivity contribution in [3.8, 4) is 0 Å². The van der Waals surface area contributed by atoms with Gasteiger partial charge >= 0.3 is 12.0 Å². The van der Waals surface area contributed by atoms with Crippen molar-refractivity contribution in [3.05, 3.63) is 35.4 Å². The van der Waals surface area contributed by atoms with Crippen LogP contribution in [0.3, 0.4) is 0 Å². The van der Waals surface area contributed by atoms with E-state index in [0.29, 0.717) is 5.56 Å². The summed E-state index contributed by atoms with van der Waals surface area (Å²) in [6, 6.07) is 6.22. The maximum Gasteiger partial charge on any atom is 0.338 e. The maximum atomic E-state index is 11.6. The van der Waals surface area contributed by atoms with E-state index in [1.165, 1.54) is 7.05 Å². The molecule has 1 aromatic carbocycles. The summed E-state index contributed by atoms with van der Waals surface area (Å²) in [6.45, 7) is 1.27. The summed E-state index contributed by atoms with van der Waals surface area (Å²) in [5.74, 6) is -1.28. The normalized spacial score (nSPS) is 9.44. The van der Waals surface area contributed by atoms with Crippen LogP contribution in [0.15, 0.2) is 24.3 Å². The number of carbonyl (C=O) groups is 3. The Labute approximate surface area is 104 Å². The van der Waals surface area contributed by atoms with Crippen LogP contribution >= 0.6 is 0 Å². The second kappa shape index (κ2) is 6.39. The molecule has 0 saturated carbocycles. The molecule has 6 nitrogen and oxygen atoms in total. The Morgan fingerprint density at radius 3 is 2.50 bits per heavy atom. The summed E-state index contributed by atoms with van der Waals surface area (Å²) in [5.41, 5.74) is 1.15. The van der Waals surface area contributed by atoms with Crippen molar-refractivity contribution in [1.82, 2.24) is 10.6 Å². The maximum absolute atomic E-state index is 11.6. The van der Waals surface area contributed by atoms with Gasteiger partial charge in [-0.15, -0.1) is 0 Å². The molecule has 0 saturated heterocycles. The number of urea groups is 1. The van der Waals surface area contributed by atoms with Crippen molar-refractivity contribution in [2.45, 2.75) is 6.92 Å².